The van der Waals surface area contributed by atoms with Crippen LogP contribution in [0.4, 0.5) is 11.5 Å². The van der Waals surface area contributed by atoms with Crippen LogP contribution in [0.25, 0.3) is 0 Å². The largest absolute Gasteiger partial charge is 0.397 e. The topological polar surface area (TPSA) is 94.0 Å². The molecule has 2 aromatic rings. The molecule has 18 heavy (non-hydrogen) atoms. The van der Waals surface area contributed by atoms with E-state index in [2.05, 4.69) is 15.5 Å². The number of pyridine rings is 1. The predicted molar refractivity (Wildman–Crippen MR) is 69.2 cm³/mol. The second kappa shape index (κ2) is 5.54. The Morgan fingerprint density at radius 1 is 1.56 bits per heavy atom. The van der Waals surface area contributed by atoms with E-state index in [1.165, 1.54) is 11.8 Å². The molecule has 0 bridgehead atoms. The van der Waals surface area contributed by atoms with E-state index in [-0.39, 0.29) is 11.7 Å². The van der Waals surface area contributed by atoms with Crippen molar-refractivity contribution < 1.29 is 9.32 Å². The van der Waals surface area contributed by atoms with Gasteiger partial charge in [-0.1, -0.05) is 16.9 Å². The van der Waals surface area contributed by atoms with E-state index >= 15 is 0 Å². The highest BCUT2D eigenvalue weighted by molar-refractivity contribution is 7.99. The van der Waals surface area contributed by atoms with Crippen LogP contribution < -0.4 is 11.1 Å². The summed E-state index contributed by atoms with van der Waals surface area (Å²) in [6, 6.07) is 5.17. The second-order valence-corrected chi connectivity index (χ2v) is 4.59. The molecular formula is C11H12N4O2S. The Kier molecular flexibility index (Phi) is 3.83. The molecule has 7 heteroatoms. The van der Waals surface area contributed by atoms with Gasteiger partial charge in [0.2, 0.25) is 5.91 Å². The third-order valence-corrected chi connectivity index (χ3v) is 2.95. The van der Waals surface area contributed by atoms with Crippen LogP contribution in [0.15, 0.2) is 33.9 Å². The number of nitrogens with one attached hydrogen (secondary N) is 1. The minimum atomic E-state index is -0.160. The average Bonchev–Trinajstić information content (AvgIpc) is 2.74. The van der Waals surface area contributed by atoms with Gasteiger partial charge in [0.15, 0.2) is 5.82 Å². The Labute approximate surface area is 108 Å². The quantitative estimate of drug-likeness (QED) is 0.816. The van der Waals surface area contributed by atoms with Crippen molar-refractivity contribution in [2.24, 2.45) is 0 Å². The maximum Gasteiger partial charge on any atom is 0.236 e. The number of rotatable bonds is 4. The zero-order valence-corrected chi connectivity index (χ0v) is 10.5. The fourth-order valence-corrected chi connectivity index (χ4v) is 1.86. The minimum Gasteiger partial charge on any atom is -0.397 e. The molecule has 0 spiro atoms. The van der Waals surface area contributed by atoms with E-state index in [0.29, 0.717) is 17.3 Å². The number of nitrogens with two attached hydrogens (primary N) is 1. The number of carbonyl (C=O) groups is 1. The number of hydrogen-bond acceptors (Lipinski definition) is 6. The second-order valence-electron chi connectivity index (χ2n) is 3.59. The molecule has 2 heterocycles. The number of nitrogens with zero attached hydrogens (tertiary/aromatic N) is 2. The standard InChI is InChI=1S/C11H12N4O2S/c1-7-4-9(15-17-7)14-10(16)6-18-11-3-2-8(12)5-13-11/h2-5H,6,12H2,1H3,(H,14,15,16). The summed E-state index contributed by atoms with van der Waals surface area (Å²) in [6.45, 7) is 1.76. The van der Waals surface area contributed by atoms with Gasteiger partial charge < -0.3 is 15.6 Å². The lowest BCUT2D eigenvalue weighted by Crippen LogP contribution is -2.14. The van der Waals surface area contributed by atoms with E-state index in [0.717, 1.165) is 5.03 Å². The molecule has 2 aromatic heterocycles. The zero-order chi connectivity index (χ0) is 13.0. The van der Waals surface area contributed by atoms with Crippen molar-refractivity contribution in [3.05, 3.63) is 30.2 Å². The van der Waals surface area contributed by atoms with E-state index < -0.39 is 0 Å². The molecule has 3 N–H and O–H groups in total. The molecule has 0 aliphatic rings. The van der Waals surface area contributed by atoms with Gasteiger partial charge in [0.05, 0.1) is 22.7 Å². The monoisotopic (exact) mass is 264 g/mol. The molecule has 2 rings (SSSR count). The van der Waals surface area contributed by atoms with Gasteiger partial charge in [-0.25, -0.2) is 4.98 Å². The van der Waals surface area contributed by atoms with E-state index in [1.54, 1.807) is 31.3 Å². The fourth-order valence-electron chi connectivity index (χ4n) is 1.22. The predicted octanol–water partition coefficient (Wildman–Crippen LogP) is 1.69. The number of nitrogen functional groups attached to an aromatic ring is 1. The first kappa shape index (κ1) is 12.4. The van der Waals surface area contributed by atoms with Crippen LogP contribution in [0.5, 0.6) is 0 Å². The van der Waals surface area contributed by atoms with Gasteiger partial charge in [0.25, 0.3) is 0 Å². The van der Waals surface area contributed by atoms with Gasteiger partial charge in [-0.3, -0.25) is 4.79 Å². The molecule has 0 saturated heterocycles. The Morgan fingerprint density at radius 3 is 3.00 bits per heavy atom. The van der Waals surface area contributed by atoms with Crippen LogP contribution in [-0.4, -0.2) is 21.8 Å². The van der Waals surface area contributed by atoms with E-state index in [9.17, 15) is 4.79 Å². The first-order valence-electron chi connectivity index (χ1n) is 5.21. The summed E-state index contributed by atoms with van der Waals surface area (Å²) < 4.78 is 4.84. The molecule has 0 fully saturated rings. The third kappa shape index (κ3) is 3.49. The summed E-state index contributed by atoms with van der Waals surface area (Å²) in [5, 5.41) is 7.05. The number of carbonyl (C=O) groups excluding carboxylic acids is 1. The third-order valence-electron chi connectivity index (χ3n) is 2.01. The summed E-state index contributed by atoms with van der Waals surface area (Å²) in [5.41, 5.74) is 6.12. The van der Waals surface area contributed by atoms with Crippen LogP contribution in [0.2, 0.25) is 0 Å². The number of amides is 1. The van der Waals surface area contributed by atoms with Crippen LogP contribution in [0, 0.1) is 6.92 Å². The lowest BCUT2D eigenvalue weighted by molar-refractivity contribution is -0.113. The van der Waals surface area contributed by atoms with Gasteiger partial charge in [-0.2, -0.15) is 0 Å². The highest BCUT2D eigenvalue weighted by Gasteiger charge is 2.07. The summed E-state index contributed by atoms with van der Waals surface area (Å²) in [6.07, 6.45) is 1.56. The van der Waals surface area contributed by atoms with E-state index in [4.69, 9.17) is 10.3 Å². The summed E-state index contributed by atoms with van der Waals surface area (Å²) >= 11 is 1.33. The van der Waals surface area contributed by atoms with Crippen LogP contribution in [-0.2, 0) is 4.79 Å². The first-order chi connectivity index (χ1) is 8.63. The normalized spacial score (nSPS) is 10.3. The lowest BCUT2D eigenvalue weighted by atomic mass is 10.4. The molecular weight excluding hydrogens is 252 g/mol. The molecule has 1 amide bonds. The molecule has 0 unspecified atom stereocenters. The number of thioether (sulfide) groups is 1. The summed E-state index contributed by atoms with van der Waals surface area (Å²) in [7, 11) is 0. The summed E-state index contributed by atoms with van der Waals surface area (Å²) in [5.74, 6) is 1.16. The van der Waals surface area contributed by atoms with Crippen molar-refractivity contribution in [3.63, 3.8) is 0 Å². The number of hydrogen-bond donors (Lipinski definition) is 2. The zero-order valence-electron chi connectivity index (χ0n) is 9.71. The Balaban J connectivity index is 1.83. The average molecular weight is 264 g/mol. The Morgan fingerprint density at radius 2 is 2.39 bits per heavy atom. The molecule has 0 aliphatic heterocycles. The molecule has 0 saturated carbocycles. The number of aryl methyl sites for hydroxylation is 1. The number of anilines is 2. The maximum atomic E-state index is 11.6. The van der Waals surface area contributed by atoms with Crippen molar-refractivity contribution in [2.75, 3.05) is 16.8 Å². The van der Waals surface area contributed by atoms with Gasteiger partial charge in [0, 0.05) is 6.07 Å². The molecule has 0 atom stereocenters. The van der Waals surface area contributed by atoms with Gasteiger partial charge in [0.1, 0.15) is 5.76 Å². The molecule has 0 aromatic carbocycles. The molecule has 94 valence electrons. The van der Waals surface area contributed by atoms with Gasteiger partial charge in [-0.15, -0.1) is 0 Å². The Bertz CT molecular complexity index is 538. The van der Waals surface area contributed by atoms with Crippen LogP contribution in [0.3, 0.4) is 0 Å². The van der Waals surface area contributed by atoms with Crippen molar-refractivity contribution in [1.29, 1.82) is 0 Å². The highest BCUT2D eigenvalue weighted by atomic mass is 32.2. The molecule has 6 nitrogen and oxygen atoms in total. The van der Waals surface area contributed by atoms with Crippen LogP contribution in [0.1, 0.15) is 5.76 Å². The highest BCUT2D eigenvalue weighted by Crippen LogP contribution is 2.16. The smallest absolute Gasteiger partial charge is 0.236 e. The lowest BCUT2D eigenvalue weighted by Gasteiger charge is -2.01. The van der Waals surface area contributed by atoms with Crippen molar-refractivity contribution >= 4 is 29.2 Å². The van der Waals surface area contributed by atoms with Crippen LogP contribution >= 0.6 is 11.8 Å². The van der Waals surface area contributed by atoms with Gasteiger partial charge in [-0.05, 0) is 19.1 Å². The van der Waals surface area contributed by atoms with Crippen molar-refractivity contribution in [1.82, 2.24) is 10.1 Å². The molecule has 0 radical (unpaired) electrons. The molecule has 0 aliphatic carbocycles. The van der Waals surface area contributed by atoms with E-state index in [1.807, 2.05) is 0 Å². The fraction of sp³-hybridized carbons (Fsp3) is 0.182. The van der Waals surface area contributed by atoms with Crippen molar-refractivity contribution in [3.8, 4) is 0 Å². The maximum absolute atomic E-state index is 11.6. The van der Waals surface area contributed by atoms with Gasteiger partial charge >= 0.3 is 0 Å². The first-order valence-corrected chi connectivity index (χ1v) is 6.19. The Hall–Kier alpha value is -2.02. The van der Waals surface area contributed by atoms with Crippen molar-refractivity contribution in [2.45, 2.75) is 11.9 Å². The minimum absolute atomic E-state index is 0.160. The number of aromatic nitrogens is 2. The SMILES string of the molecule is Cc1cc(NC(=O)CSc2ccc(N)cn2)no1. The summed E-state index contributed by atoms with van der Waals surface area (Å²) in [4.78, 5) is 15.7.